The number of anilines is 1. The Hall–Kier alpha value is -3.09. The van der Waals surface area contributed by atoms with Crippen LogP contribution in [0, 0.1) is 11.2 Å². The van der Waals surface area contributed by atoms with Crippen molar-refractivity contribution in [3.05, 3.63) is 42.1 Å². The Labute approximate surface area is 284 Å². The minimum atomic E-state index is -4.04. The van der Waals surface area contributed by atoms with Crippen LogP contribution in [0.5, 0.6) is 11.5 Å². The quantitative estimate of drug-likeness (QED) is 0.358. The summed E-state index contributed by atoms with van der Waals surface area (Å²) in [7, 11) is -4.04. The summed E-state index contributed by atoms with van der Waals surface area (Å²) < 4.78 is 80.4. The molecule has 2 N–H and O–H groups in total. The Morgan fingerprint density at radius 1 is 1.16 bits per heavy atom. The molecular weight excluding hydrogens is 667 g/mol. The number of hydrogen-bond donors (Lipinski definition) is 2. The van der Waals surface area contributed by atoms with Crippen LogP contribution in [0.4, 0.5) is 19.0 Å². The van der Waals surface area contributed by atoms with Gasteiger partial charge in [0.05, 0.1) is 38.0 Å². The number of nitrogens with zero attached hydrogens (tertiary/aromatic N) is 6. The largest absolute Gasteiger partial charge is 0.451 e. The summed E-state index contributed by atoms with van der Waals surface area (Å²) in [6.07, 6.45) is 5.26. The van der Waals surface area contributed by atoms with E-state index < -0.39 is 46.9 Å². The number of amides is 1. The number of rotatable bonds is 11. The minimum Gasteiger partial charge on any atom is -0.451 e. The maximum absolute atomic E-state index is 14.3. The average Bonchev–Trinajstić information content (AvgIpc) is 3.02. The van der Waals surface area contributed by atoms with Crippen molar-refractivity contribution in [2.75, 3.05) is 63.9 Å². The summed E-state index contributed by atoms with van der Waals surface area (Å²) in [5.74, 6) is -4.13. The lowest BCUT2D eigenvalue weighted by molar-refractivity contribution is -0.239. The van der Waals surface area contributed by atoms with Crippen molar-refractivity contribution in [2.45, 2.75) is 70.2 Å². The average molecular weight is 712 g/mol. The van der Waals surface area contributed by atoms with Gasteiger partial charge in [0, 0.05) is 43.6 Å². The van der Waals surface area contributed by atoms with E-state index in [1.807, 2.05) is 20.8 Å². The lowest BCUT2D eigenvalue weighted by atomic mass is 9.72. The number of piperidine rings is 1. The SMILES string of the molecule is CCN(C(=O)c1cc(F)ccc1Oc1cncnc1N1CC2(CCN(C[C@@]3(O)CC[C@@H](NS(=O)(=O)N4CC(F)(F)C4)CO3)CC2)C1)C(C)C. The summed E-state index contributed by atoms with van der Waals surface area (Å²) in [6.45, 7) is 7.60. The molecule has 1 spiro atoms. The number of carbonyl (C=O) groups is 1. The zero-order valence-corrected chi connectivity index (χ0v) is 28.8. The fraction of sp³-hybridized carbons (Fsp3) is 0.656. The standard InChI is InChI=1S/C32H44F3N7O6S/c1-4-42(22(2)3)29(43)25-13-23(33)5-6-26(25)48-27-14-36-21-37-28(27)40-16-30(17-40)9-11-39(12-10-30)20-32(44)8-7-24(15-47-32)38-49(45,46)41-18-31(34,35)19-41/h5-6,13-14,21-22,24,38,44H,4,7-12,15-20H2,1-3H3/t24-,32-/m1/s1. The third-order valence-corrected chi connectivity index (χ3v) is 11.5. The highest BCUT2D eigenvalue weighted by Gasteiger charge is 2.51. The normalized spacial score (nSPS) is 25.6. The summed E-state index contributed by atoms with van der Waals surface area (Å²) in [6, 6.07) is 3.20. The second-order valence-corrected chi connectivity index (χ2v) is 15.7. The first kappa shape index (κ1) is 35.7. The molecule has 0 radical (unpaired) electrons. The topological polar surface area (TPSA) is 141 Å². The Morgan fingerprint density at radius 2 is 1.88 bits per heavy atom. The number of ether oxygens (including phenoxy) is 2. The van der Waals surface area contributed by atoms with Crippen molar-refractivity contribution in [2.24, 2.45) is 5.41 Å². The molecule has 270 valence electrons. The fourth-order valence-corrected chi connectivity index (χ4v) is 8.59. The molecule has 2 atom stereocenters. The van der Waals surface area contributed by atoms with Crippen LogP contribution in [-0.2, 0) is 14.9 Å². The van der Waals surface area contributed by atoms with E-state index in [1.54, 1.807) is 4.90 Å². The number of β-amino-alcohol motifs (C(OH)–C–C–N with tert-alkyl or cyclic N) is 1. The number of benzene rings is 1. The number of nitrogens with one attached hydrogen (secondary N) is 1. The highest BCUT2D eigenvalue weighted by molar-refractivity contribution is 7.87. The number of halogens is 3. The molecule has 0 saturated carbocycles. The molecule has 0 bridgehead atoms. The van der Waals surface area contributed by atoms with Crippen molar-refractivity contribution in [1.82, 2.24) is 28.8 Å². The summed E-state index contributed by atoms with van der Waals surface area (Å²) in [5, 5.41) is 11.1. The Bertz CT molecular complexity index is 1620. The monoisotopic (exact) mass is 711 g/mol. The van der Waals surface area contributed by atoms with Gasteiger partial charge in [-0.3, -0.25) is 9.69 Å². The molecule has 17 heteroatoms. The van der Waals surface area contributed by atoms with E-state index in [0.717, 1.165) is 39.0 Å². The first-order chi connectivity index (χ1) is 23.1. The van der Waals surface area contributed by atoms with Crippen LogP contribution in [0.25, 0.3) is 0 Å². The highest BCUT2D eigenvalue weighted by Crippen LogP contribution is 2.45. The first-order valence-corrected chi connectivity index (χ1v) is 18.1. The molecule has 1 amide bonds. The zero-order valence-electron chi connectivity index (χ0n) is 27.9. The van der Waals surface area contributed by atoms with E-state index in [9.17, 15) is 31.5 Å². The molecule has 1 aromatic heterocycles. The van der Waals surface area contributed by atoms with Crippen LogP contribution in [0.15, 0.2) is 30.7 Å². The van der Waals surface area contributed by atoms with E-state index in [2.05, 4.69) is 24.5 Å². The first-order valence-electron chi connectivity index (χ1n) is 16.7. The molecule has 4 aliphatic rings. The van der Waals surface area contributed by atoms with Gasteiger partial charge in [-0.05, 0) is 71.3 Å². The van der Waals surface area contributed by atoms with E-state index in [4.69, 9.17) is 9.47 Å². The molecule has 4 aliphatic heterocycles. The summed E-state index contributed by atoms with van der Waals surface area (Å²) in [4.78, 5) is 27.8. The Morgan fingerprint density at radius 3 is 2.49 bits per heavy atom. The molecule has 6 rings (SSSR count). The maximum atomic E-state index is 14.3. The molecule has 0 aliphatic carbocycles. The molecule has 5 heterocycles. The second-order valence-electron chi connectivity index (χ2n) is 14.0. The van der Waals surface area contributed by atoms with Gasteiger partial charge in [-0.25, -0.2) is 23.1 Å². The molecule has 49 heavy (non-hydrogen) atoms. The third-order valence-electron chi connectivity index (χ3n) is 9.92. The predicted molar refractivity (Wildman–Crippen MR) is 173 cm³/mol. The van der Waals surface area contributed by atoms with E-state index in [0.29, 0.717) is 28.8 Å². The number of aliphatic hydroxyl groups is 1. The zero-order chi connectivity index (χ0) is 35.2. The number of carbonyl (C=O) groups excluding carboxylic acids is 1. The fourth-order valence-electron chi connectivity index (χ4n) is 7.11. The lowest BCUT2D eigenvalue weighted by Crippen LogP contribution is -2.63. The van der Waals surface area contributed by atoms with E-state index in [-0.39, 0.29) is 48.2 Å². The van der Waals surface area contributed by atoms with Crippen LogP contribution < -0.4 is 14.4 Å². The smallest absolute Gasteiger partial charge is 0.280 e. The van der Waals surface area contributed by atoms with Crippen molar-refractivity contribution >= 4 is 21.9 Å². The number of hydrogen-bond acceptors (Lipinski definition) is 10. The number of likely N-dealkylation sites (tertiary alicyclic amines) is 1. The molecule has 1 aromatic carbocycles. The number of aromatic nitrogens is 2. The van der Waals surface area contributed by atoms with Crippen molar-refractivity contribution in [1.29, 1.82) is 0 Å². The van der Waals surface area contributed by atoms with E-state index >= 15 is 0 Å². The molecule has 0 unspecified atom stereocenters. The van der Waals surface area contributed by atoms with Gasteiger partial charge < -0.3 is 24.4 Å². The van der Waals surface area contributed by atoms with Gasteiger partial charge in [0.1, 0.15) is 17.9 Å². The summed E-state index contributed by atoms with van der Waals surface area (Å²) in [5.41, 5.74) is 0.166. The van der Waals surface area contributed by atoms with Crippen LogP contribution in [-0.4, -0.2) is 126 Å². The van der Waals surface area contributed by atoms with Gasteiger partial charge in [0.2, 0.25) is 0 Å². The summed E-state index contributed by atoms with van der Waals surface area (Å²) >= 11 is 0. The van der Waals surface area contributed by atoms with Gasteiger partial charge in [0.25, 0.3) is 22.0 Å². The molecule has 4 fully saturated rings. The third kappa shape index (κ3) is 7.81. The minimum absolute atomic E-state index is 0.0433. The van der Waals surface area contributed by atoms with Crippen LogP contribution in [0.2, 0.25) is 0 Å². The predicted octanol–water partition coefficient (Wildman–Crippen LogP) is 2.83. The number of alkyl halides is 2. The maximum Gasteiger partial charge on any atom is 0.280 e. The van der Waals surface area contributed by atoms with Crippen LogP contribution in [0.3, 0.4) is 0 Å². The van der Waals surface area contributed by atoms with Gasteiger partial charge in [0.15, 0.2) is 17.4 Å². The van der Waals surface area contributed by atoms with Gasteiger partial charge in [-0.15, -0.1) is 0 Å². The molecule has 4 saturated heterocycles. The molecule has 2 aromatic rings. The van der Waals surface area contributed by atoms with Gasteiger partial charge in [-0.1, -0.05) is 0 Å². The molecular formula is C32H44F3N7O6S. The van der Waals surface area contributed by atoms with Crippen molar-refractivity contribution in [3.8, 4) is 11.5 Å². The highest BCUT2D eigenvalue weighted by atomic mass is 32.2. The van der Waals surface area contributed by atoms with Gasteiger partial charge >= 0.3 is 0 Å². The van der Waals surface area contributed by atoms with Gasteiger partial charge in [-0.2, -0.15) is 17.4 Å². The van der Waals surface area contributed by atoms with Crippen LogP contribution in [0.1, 0.15) is 56.8 Å². The van der Waals surface area contributed by atoms with Crippen molar-refractivity contribution < 1.29 is 41.0 Å². The second kappa shape index (κ2) is 13.6. The lowest BCUT2D eigenvalue weighted by Gasteiger charge is -2.55. The van der Waals surface area contributed by atoms with Crippen molar-refractivity contribution in [3.63, 3.8) is 0 Å². The van der Waals surface area contributed by atoms with Crippen LogP contribution >= 0.6 is 0 Å². The Balaban J connectivity index is 1.01. The van der Waals surface area contributed by atoms with E-state index in [1.165, 1.54) is 30.7 Å². The molecule has 13 nitrogen and oxygen atoms in total. The Kier molecular flexibility index (Phi) is 9.89.